The molecule has 62 valence electrons. The Morgan fingerprint density at radius 3 is 2.18 bits per heavy atom. The van der Waals surface area contributed by atoms with Crippen molar-refractivity contribution in [2.75, 3.05) is 0 Å². The van der Waals surface area contributed by atoms with E-state index in [1.165, 1.54) is 0 Å². The maximum atomic E-state index is 10.1. The van der Waals surface area contributed by atoms with Crippen LogP contribution in [0.25, 0.3) is 0 Å². The highest BCUT2D eigenvalue weighted by Crippen LogP contribution is 2.02. The minimum atomic E-state index is -1.29. The number of hydrogen-bond acceptors (Lipinski definition) is 3. The van der Waals surface area contributed by atoms with Gasteiger partial charge in [0.25, 0.3) is 0 Å². The van der Waals surface area contributed by atoms with Crippen LogP contribution in [-0.2, 0) is 9.59 Å². The summed E-state index contributed by atoms with van der Waals surface area (Å²) >= 11 is 0. The smallest absolute Gasteiger partial charge is 0.324 e. The summed E-state index contributed by atoms with van der Waals surface area (Å²) in [5, 5.41) is 16.5. The Balaban J connectivity index is 4.04. The molecule has 0 unspecified atom stereocenters. The monoisotopic (exact) mass is 159 g/mol. The number of carboxylic acids is 2. The summed E-state index contributed by atoms with van der Waals surface area (Å²) in [7, 11) is 0. The Hall–Kier alpha value is -1.36. The summed E-state index contributed by atoms with van der Waals surface area (Å²) in [6, 6.07) is -1.29. The molecular weight excluding hydrogens is 150 g/mol. The van der Waals surface area contributed by atoms with Crippen molar-refractivity contribution in [2.24, 2.45) is 5.73 Å². The zero-order valence-electron chi connectivity index (χ0n) is 5.78. The summed E-state index contributed by atoms with van der Waals surface area (Å²) in [5.41, 5.74) is 5.04. The fourth-order valence-electron chi connectivity index (χ4n) is 0.479. The minimum absolute atomic E-state index is 0.00926. The molecule has 0 aromatic carbocycles. The minimum Gasteiger partial charge on any atom is -0.481 e. The quantitative estimate of drug-likeness (QED) is 0.477. The van der Waals surface area contributed by atoms with Crippen LogP contribution >= 0.6 is 0 Å². The first-order chi connectivity index (χ1) is 4.95. The largest absolute Gasteiger partial charge is 0.481 e. The molecule has 0 fully saturated rings. The molecule has 0 aliphatic heterocycles. The van der Waals surface area contributed by atoms with Gasteiger partial charge in [-0.15, -0.1) is 0 Å². The van der Waals surface area contributed by atoms with Crippen molar-refractivity contribution in [3.05, 3.63) is 12.2 Å². The maximum Gasteiger partial charge on any atom is 0.324 e. The van der Waals surface area contributed by atoms with E-state index in [1.54, 1.807) is 0 Å². The van der Waals surface area contributed by atoms with Gasteiger partial charge in [-0.3, -0.25) is 9.59 Å². The zero-order chi connectivity index (χ0) is 9.02. The highest BCUT2D eigenvalue weighted by molar-refractivity contribution is 5.80. The number of carbonyl (C=O) groups is 2. The molecule has 0 aromatic heterocycles. The average Bonchev–Trinajstić information content (AvgIpc) is 1.84. The van der Waals surface area contributed by atoms with Crippen LogP contribution in [-0.4, -0.2) is 28.2 Å². The first kappa shape index (κ1) is 9.64. The van der Waals surface area contributed by atoms with Crippen molar-refractivity contribution in [2.45, 2.75) is 12.5 Å². The Labute approximate surface area is 63.1 Å². The average molecular weight is 159 g/mol. The van der Waals surface area contributed by atoms with Gasteiger partial charge in [-0.05, 0) is 5.57 Å². The second kappa shape index (κ2) is 3.72. The van der Waals surface area contributed by atoms with Crippen LogP contribution in [0.3, 0.4) is 0 Å². The topological polar surface area (TPSA) is 101 Å². The first-order valence-electron chi connectivity index (χ1n) is 2.83. The van der Waals surface area contributed by atoms with Crippen LogP contribution < -0.4 is 5.73 Å². The van der Waals surface area contributed by atoms with Gasteiger partial charge >= 0.3 is 11.9 Å². The molecule has 0 aromatic rings. The molecule has 0 aliphatic rings. The molecule has 0 saturated heterocycles. The molecule has 0 aliphatic carbocycles. The van der Waals surface area contributed by atoms with Crippen LogP contribution in [0.4, 0.5) is 0 Å². The van der Waals surface area contributed by atoms with Crippen LogP contribution in [0.15, 0.2) is 12.2 Å². The summed E-state index contributed by atoms with van der Waals surface area (Å²) in [6.45, 7) is 3.23. The third kappa shape index (κ3) is 3.36. The summed E-state index contributed by atoms with van der Waals surface area (Å²) in [6.07, 6.45) is -0.409. The summed E-state index contributed by atoms with van der Waals surface area (Å²) < 4.78 is 0. The third-order valence-electron chi connectivity index (χ3n) is 1.08. The summed E-state index contributed by atoms with van der Waals surface area (Å²) in [5.74, 6) is -2.40. The molecule has 5 nitrogen and oxygen atoms in total. The zero-order valence-corrected chi connectivity index (χ0v) is 5.78. The maximum absolute atomic E-state index is 10.1. The molecule has 0 saturated carbocycles. The number of carboxylic acid groups (broad SMARTS) is 2. The lowest BCUT2D eigenvalue weighted by molar-refractivity contribution is -0.138. The fourth-order valence-corrected chi connectivity index (χ4v) is 0.479. The van der Waals surface area contributed by atoms with Crippen molar-refractivity contribution in [3.8, 4) is 0 Å². The van der Waals surface area contributed by atoms with Crippen molar-refractivity contribution >= 4 is 11.9 Å². The van der Waals surface area contributed by atoms with E-state index in [2.05, 4.69) is 6.58 Å². The second-order valence-electron chi connectivity index (χ2n) is 2.04. The van der Waals surface area contributed by atoms with E-state index < -0.39 is 24.4 Å². The van der Waals surface area contributed by atoms with Crippen LogP contribution in [0.1, 0.15) is 6.42 Å². The molecule has 0 spiro atoms. The van der Waals surface area contributed by atoms with E-state index in [0.717, 1.165) is 0 Å². The van der Waals surface area contributed by atoms with E-state index in [9.17, 15) is 9.59 Å². The molecule has 0 amide bonds. The van der Waals surface area contributed by atoms with Gasteiger partial charge in [-0.1, -0.05) is 6.58 Å². The van der Waals surface area contributed by atoms with Gasteiger partial charge in [0.2, 0.25) is 0 Å². The molecule has 11 heavy (non-hydrogen) atoms. The molecule has 5 heteroatoms. The standard InChI is InChI=1S/C6H9NO4/c1-3(2-4(8)9)5(7)6(10)11/h5H,1-2,7H2,(H,8,9)(H,10,11)/t5-/m1/s1. The molecular formula is C6H9NO4. The van der Waals surface area contributed by atoms with Gasteiger partial charge in [0, 0.05) is 0 Å². The van der Waals surface area contributed by atoms with E-state index in [1.807, 2.05) is 0 Å². The fraction of sp³-hybridized carbons (Fsp3) is 0.333. The van der Waals surface area contributed by atoms with Gasteiger partial charge in [-0.2, -0.15) is 0 Å². The van der Waals surface area contributed by atoms with Gasteiger partial charge < -0.3 is 15.9 Å². The van der Waals surface area contributed by atoms with Gasteiger partial charge in [-0.25, -0.2) is 0 Å². The molecule has 0 rings (SSSR count). The highest BCUT2D eigenvalue weighted by Gasteiger charge is 2.16. The Morgan fingerprint density at radius 2 is 1.91 bits per heavy atom. The molecule has 4 N–H and O–H groups in total. The normalized spacial score (nSPS) is 12.1. The van der Waals surface area contributed by atoms with Gasteiger partial charge in [0.1, 0.15) is 6.04 Å². The summed E-state index contributed by atoms with van der Waals surface area (Å²) in [4.78, 5) is 20.2. The molecule has 0 radical (unpaired) electrons. The Bertz CT molecular complexity index is 199. The predicted molar refractivity (Wildman–Crippen MR) is 37.0 cm³/mol. The lowest BCUT2D eigenvalue weighted by Crippen LogP contribution is -2.32. The Morgan fingerprint density at radius 1 is 1.45 bits per heavy atom. The van der Waals surface area contributed by atoms with E-state index in [0.29, 0.717) is 0 Å². The second-order valence-corrected chi connectivity index (χ2v) is 2.04. The van der Waals surface area contributed by atoms with E-state index in [-0.39, 0.29) is 5.57 Å². The lowest BCUT2D eigenvalue weighted by atomic mass is 10.1. The molecule has 0 bridgehead atoms. The first-order valence-corrected chi connectivity index (χ1v) is 2.83. The SMILES string of the molecule is C=C(CC(=O)O)[C@@H](N)C(=O)O. The highest BCUT2D eigenvalue weighted by atomic mass is 16.4. The third-order valence-corrected chi connectivity index (χ3v) is 1.08. The van der Waals surface area contributed by atoms with Crippen LogP contribution in [0, 0.1) is 0 Å². The predicted octanol–water partition coefficient (Wildman–Crippen LogP) is -0.571. The van der Waals surface area contributed by atoms with Crippen molar-refractivity contribution in [1.29, 1.82) is 0 Å². The lowest BCUT2D eigenvalue weighted by Gasteiger charge is -2.06. The van der Waals surface area contributed by atoms with E-state index in [4.69, 9.17) is 15.9 Å². The van der Waals surface area contributed by atoms with Crippen molar-refractivity contribution in [3.63, 3.8) is 0 Å². The number of hydrogen-bond donors (Lipinski definition) is 3. The van der Waals surface area contributed by atoms with E-state index >= 15 is 0 Å². The number of nitrogens with two attached hydrogens (primary N) is 1. The van der Waals surface area contributed by atoms with Gasteiger partial charge in [0.05, 0.1) is 6.42 Å². The Kier molecular flexibility index (Phi) is 3.26. The van der Waals surface area contributed by atoms with Crippen molar-refractivity contribution < 1.29 is 19.8 Å². The number of aliphatic carboxylic acids is 2. The number of rotatable bonds is 4. The van der Waals surface area contributed by atoms with Crippen LogP contribution in [0.5, 0.6) is 0 Å². The molecule has 0 heterocycles. The van der Waals surface area contributed by atoms with Gasteiger partial charge in [0.15, 0.2) is 0 Å². The van der Waals surface area contributed by atoms with Crippen LogP contribution in [0.2, 0.25) is 0 Å². The molecule has 1 atom stereocenters. The van der Waals surface area contributed by atoms with Crippen molar-refractivity contribution in [1.82, 2.24) is 0 Å².